The number of urea groups is 1. The molecule has 0 radical (unpaired) electrons. The standard InChI is InChI=1S/C17H21N3O3/c21-14-17(13-7-3-1-4-8-13,15(22)19-16(23)18-14)9-12-20-10-5-2-6-11-20/h1,3-4,7-8H,2,5-6,9-12H2,(H2,18,19,21,22,23). The van der Waals surface area contributed by atoms with Gasteiger partial charge in [-0.15, -0.1) is 0 Å². The predicted molar refractivity (Wildman–Crippen MR) is 84.7 cm³/mol. The molecule has 2 saturated heterocycles. The van der Waals surface area contributed by atoms with Gasteiger partial charge in [-0.2, -0.15) is 0 Å². The normalized spacial score (nSPS) is 21.7. The number of hydrogen-bond acceptors (Lipinski definition) is 4. The average Bonchev–Trinajstić information content (AvgIpc) is 2.56. The molecule has 6 nitrogen and oxygen atoms in total. The third kappa shape index (κ3) is 2.99. The van der Waals surface area contributed by atoms with Crippen molar-refractivity contribution in [2.75, 3.05) is 19.6 Å². The van der Waals surface area contributed by atoms with Gasteiger partial charge < -0.3 is 4.90 Å². The summed E-state index contributed by atoms with van der Waals surface area (Å²) in [5.41, 5.74) is -0.716. The smallest absolute Gasteiger partial charge is 0.303 e. The maximum Gasteiger partial charge on any atom is 0.328 e. The van der Waals surface area contributed by atoms with E-state index in [0.29, 0.717) is 18.5 Å². The molecule has 2 heterocycles. The molecule has 1 aromatic rings. The Labute approximate surface area is 135 Å². The maximum atomic E-state index is 12.6. The number of nitrogens with one attached hydrogen (secondary N) is 2. The molecule has 0 aliphatic carbocycles. The maximum absolute atomic E-state index is 12.6. The van der Waals surface area contributed by atoms with Crippen molar-refractivity contribution in [3.05, 3.63) is 35.9 Å². The third-order valence-electron chi connectivity index (χ3n) is 4.75. The highest BCUT2D eigenvalue weighted by molar-refractivity contribution is 6.22. The van der Waals surface area contributed by atoms with E-state index in [1.165, 1.54) is 6.42 Å². The van der Waals surface area contributed by atoms with Crippen LogP contribution in [0.2, 0.25) is 0 Å². The van der Waals surface area contributed by atoms with Gasteiger partial charge in [-0.1, -0.05) is 36.8 Å². The lowest BCUT2D eigenvalue weighted by molar-refractivity contribution is -0.139. The van der Waals surface area contributed by atoms with Crippen LogP contribution in [0.25, 0.3) is 0 Å². The zero-order valence-corrected chi connectivity index (χ0v) is 13.0. The summed E-state index contributed by atoms with van der Waals surface area (Å²) < 4.78 is 0. The van der Waals surface area contributed by atoms with Crippen LogP contribution >= 0.6 is 0 Å². The highest BCUT2D eigenvalue weighted by Crippen LogP contribution is 2.31. The summed E-state index contributed by atoms with van der Waals surface area (Å²) >= 11 is 0. The fourth-order valence-corrected chi connectivity index (χ4v) is 3.42. The van der Waals surface area contributed by atoms with Crippen LogP contribution in [0.3, 0.4) is 0 Å². The summed E-state index contributed by atoms with van der Waals surface area (Å²) in [6, 6.07) is 8.23. The molecule has 3 rings (SSSR count). The highest BCUT2D eigenvalue weighted by Gasteiger charge is 2.51. The van der Waals surface area contributed by atoms with Crippen LogP contribution in [0.15, 0.2) is 30.3 Å². The van der Waals surface area contributed by atoms with Crippen molar-refractivity contribution in [2.24, 2.45) is 0 Å². The molecule has 2 fully saturated rings. The monoisotopic (exact) mass is 315 g/mol. The first kappa shape index (κ1) is 15.7. The summed E-state index contributed by atoms with van der Waals surface area (Å²) in [5, 5.41) is 4.52. The highest BCUT2D eigenvalue weighted by atomic mass is 16.2. The summed E-state index contributed by atoms with van der Waals surface area (Å²) in [7, 11) is 0. The molecule has 0 bridgehead atoms. The van der Waals surface area contributed by atoms with E-state index in [1.807, 2.05) is 6.07 Å². The van der Waals surface area contributed by atoms with Crippen LogP contribution in [0.5, 0.6) is 0 Å². The predicted octanol–water partition coefficient (Wildman–Crippen LogP) is 1.17. The van der Waals surface area contributed by atoms with Gasteiger partial charge in [0.1, 0.15) is 0 Å². The molecule has 23 heavy (non-hydrogen) atoms. The first-order chi connectivity index (χ1) is 11.1. The second-order valence-electron chi connectivity index (χ2n) is 6.16. The molecule has 4 amide bonds. The molecule has 0 spiro atoms. The van der Waals surface area contributed by atoms with Gasteiger partial charge in [0.15, 0.2) is 5.41 Å². The van der Waals surface area contributed by atoms with Crippen molar-refractivity contribution in [1.29, 1.82) is 0 Å². The molecular weight excluding hydrogens is 294 g/mol. The number of likely N-dealkylation sites (tertiary alicyclic amines) is 1. The Kier molecular flexibility index (Phi) is 4.43. The number of carbonyl (C=O) groups is 3. The molecule has 2 aliphatic heterocycles. The third-order valence-corrected chi connectivity index (χ3v) is 4.75. The van der Waals surface area contributed by atoms with Gasteiger partial charge in [-0.05, 0) is 44.5 Å². The van der Waals surface area contributed by atoms with E-state index in [-0.39, 0.29) is 0 Å². The van der Waals surface area contributed by atoms with Crippen molar-refractivity contribution in [3.8, 4) is 0 Å². The second-order valence-corrected chi connectivity index (χ2v) is 6.16. The summed E-state index contributed by atoms with van der Waals surface area (Å²) in [6.07, 6.45) is 3.89. The molecule has 2 aliphatic rings. The van der Waals surface area contributed by atoms with Crippen LogP contribution in [0, 0.1) is 0 Å². The van der Waals surface area contributed by atoms with Crippen LogP contribution in [-0.4, -0.2) is 42.4 Å². The number of hydrogen-bond donors (Lipinski definition) is 2. The Morgan fingerprint density at radius 3 is 2.13 bits per heavy atom. The largest absolute Gasteiger partial charge is 0.328 e. The molecule has 0 unspecified atom stereocenters. The number of piperidine rings is 1. The molecule has 122 valence electrons. The Bertz CT molecular complexity index is 589. The first-order valence-electron chi connectivity index (χ1n) is 8.08. The zero-order chi connectivity index (χ0) is 16.3. The van der Waals surface area contributed by atoms with E-state index < -0.39 is 23.3 Å². The summed E-state index contributed by atoms with van der Waals surface area (Å²) in [6.45, 7) is 2.64. The SMILES string of the molecule is O=C1NC(=O)C(CCN2CCCCC2)(c2ccccc2)C(=O)N1. The quantitative estimate of drug-likeness (QED) is 0.818. The first-order valence-corrected chi connectivity index (χ1v) is 8.08. The summed E-state index contributed by atoms with van der Waals surface area (Å²) in [4.78, 5) is 38.9. The van der Waals surface area contributed by atoms with Gasteiger partial charge in [0.2, 0.25) is 11.8 Å². The Morgan fingerprint density at radius 2 is 1.52 bits per heavy atom. The number of barbiturate groups is 1. The van der Waals surface area contributed by atoms with E-state index in [9.17, 15) is 14.4 Å². The molecule has 6 heteroatoms. The number of benzene rings is 1. The van der Waals surface area contributed by atoms with Crippen LogP contribution in [-0.2, 0) is 15.0 Å². The van der Waals surface area contributed by atoms with Gasteiger partial charge in [0, 0.05) is 0 Å². The number of nitrogens with zero attached hydrogens (tertiary/aromatic N) is 1. The topological polar surface area (TPSA) is 78.5 Å². The number of carbonyl (C=O) groups excluding carboxylic acids is 3. The zero-order valence-electron chi connectivity index (χ0n) is 13.0. The molecule has 0 aromatic heterocycles. The fourth-order valence-electron chi connectivity index (χ4n) is 3.42. The fraction of sp³-hybridized carbons (Fsp3) is 0.471. The molecule has 1 aromatic carbocycles. The van der Waals surface area contributed by atoms with E-state index in [1.54, 1.807) is 24.3 Å². The Morgan fingerprint density at radius 1 is 0.913 bits per heavy atom. The lowest BCUT2D eigenvalue weighted by atomic mass is 9.74. The molecule has 0 atom stereocenters. The van der Waals surface area contributed by atoms with Crippen molar-refractivity contribution in [1.82, 2.24) is 15.5 Å². The van der Waals surface area contributed by atoms with Gasteiger partial charge in [-0.25, -0.2) is 4.79 Å². The minimum absolute atomic E-state index is 0.363. The van der Waals surface area contributed by atoms with Crippen LogP contribution in [0.4, 0.5) is 4.79 Å². The van der Waals surface area contributed by atoms with Crippen molar-refractivity contribution >= 4 is 17.8 Å². The van der Waals surface area contributed by atoms with Crippen molar-refractivity contribution < 1.29 is 14.4 Å². The van der Waals surface area contributed by atoms with E-state index in [4.69, 9.17) is 0 Å². The second kappa shape index (κ2) is 6.50. The van der Waals surface area contributed by atoms with Gasteiger partial charge in [-0.3, -0.25) is 20.2 Å². The van der Waals surface area contributed by atoms with Crippen molar-refractivity contribution in [2.45, 2.75) is 31.1 Å². The van der Waals surface area contributed by atoms with E-state index in [2.05, 4.69) is 15.5 Å². The van der Waals surface area contributed by atoms with Gasteiger partial charge in [0.25, 0.3) is 0 Å². The minimum atomic E-state index is -1.34. The van der Waals surface area contributed by atoms with Crippen LogP contribution in [0.1, 0.15) is 31.2 Å². The van der Waals surface area contributed by atoms with E-state index in [0.717, 1.165) is 25.9 Å². The Hall–Kier alpha value is -2.21. The van der Waals surface area contributed by atoms with E-state index >= 15 is 0 Å². The van der Waals surface area contributed by atoms with Crippen molar-refractivity contribution in [3.63, 3.8) is 0 Å². The average molecular weight is 315 g/mol. The number of amides is 4. The lowest BCUT2D eigenvalue weighted by Gasteiger charge is -2.36. The molecular formula is C17H21N3O3. The summed E-state index contributed by atoms with van der Waals surface area (Å²) in [5.74, 6) is -1.07. The Balaban J connectivity index is 1.88. The van der Waals surface area contributed by atoms with Gasteiger partial charge >= 0.3 is 6.03 Å². The lowest BCUT2D eigenvalue weighted by Crippen LogP contribution is -2.65. The number of imide groups is 2. The minimum Gasteiger partial charge on any atom is -0.303 e. The molecule has 2 N–H and O–H groups in total. The number of rotatable bonds is 4. The molecule has 0 saturated carbocycles. The van der Waals surface area contributed by atoms with Gasteiger partial charge in [0.05, 0.1) is 0 Å². The van der Waals surface area contributed by atoms with Crippen LogP contribution < -0.4 is 10.6 Å².